The maximum absolute atomic E-state index is 12.1. The third kappa shape index (κ3) is 9.72. The summed E-state index contributed by atoms with van der Waals surface area (Å²) in [5.41, 5.74) is 0.268. The molecule has 208 valence electrons. The second kappa shape index (κ2) is 15.0. The summed E-state index contributed by atoms with van der Waals surface area (Å²) in [5, 5.41) is 50.1. The van der Waals surface area contributed by atoms with E-state index in [1.165, 1.54) is 13.0 Å². The van der Waals surface area contributed by atoms with Gasteiger partial charge in [-0.1, -0.05) is 32.6 Å². The second-order valence-corrected chi connectivity index (χ2v) is 10.3. The van der Waals surface area contributed by atoms with Crippen LogP contribution in [-0.2, 0) is 23.8 Å². The van der Waals surface area contributed by atoms with Crippen molar-refractivity contribution in [2.45, 2.75) is 115 Å². The van der Waals surface area contributed by atoms with Gasteiger partial charge in [-0.3, -0.25) is 4.79 Å². The minimum atomic E-state index is -1.33. The molecule has 10 nitrogen and oxygen atoms in total. The summed E-state index contributed by atoms with van der Waals surface area (Å²) in [6.07, 6.45) is 1.33. The molecule has 5 N–H and O–H groups in total. The van der Waals surface area contributed by atoms with Crippen LogP contribution in [0.4, 0.5) is 0 Å². The molecule has 0 amide bonds. The summed E-state index contributed by atoms with van der Waals surface area (Å²) < 4.78 is 16.5. The summed E-state index contributed by atoms with van der Waals surface area (Å²) in [4.78, 5) is 22.6. The molecular formula is C26H44O10. The smallest absolute Gasteiger partial charge is 0.330 e. The van der Waals surface area contributed by atoms with Gasteiger partial charge >= 0.3 is 11.9 Å². The fourth-order valence-corrected chi connectivity index (χ4v) is 4.60. The molecule has 9 atom stereocenters. The molecular weight excluding hydrogens is 472 g/mol. The zero-order chi connectivity index (χ0) is 26.8. The lowest BCUT2D eigenvalue weighted by molar-refractivity contribution is -0.189. The van der Waals surface area contributed by atoms with Crippen LogP contribution in [0, 0.1) is 11.8 Å². The number of carbonyl (C=O) groups excluding carboxylic acids is 1. The van der Waals surface area contributed by atoms with Gasteiger partial charge in [0.05, 0.1) is 37.6 Å². The van der Waals surface area contributed by atoms with E-state index in [2.05, 4.69) is 0 Å². The van der Waals surface area contributed by atoms with Crippen LogP contribution in [0.3, 0.4) is 0 Å². The third-order valence-electron chi connectivity index (χ3n) is 7.26. The van der Waals surface area contributed by atoms with Crippen LogP contribution < -0.4 is 0 Å². The van der Waals surface area contributed by atoms with Crippen molar-refractivity contribution in [3.63, 3.8) is 0 Å². The second-order valence-electron chi connectivity index (χ2n) is 10.3. The average Bonchev–Trinajstić information content (AvgIpc) is 3.58. The van der Waals surface area contributed by atoms with Gasteiger partial charge in [-0.25, -0.2) is 4.79 Å². The molecule has 0 aromatic carbocycles. The lowest BCUT2D eigenvalue weighted by Crippen LogP contribution is -2.55. The van der Waals surface area contributed by atoms with Crippen molar-refractivity contribution in [2.75, 3.05) is 13.2 Å². The zero-order valence-corrected chi connectivity index (χ0v) is 21.6. The first kappa shape index (κ1) is 30.7. The van der Waals surface area contributed by atoms with Gasteiger partial charge in [0.15, 0.2) is 0 Å². The highest BCUT2D eigenvalue weighted by molar-refractivity contribution is 5.82. The lowest BCUT2D eigenvalue weighted by Gasteiger charge is -2.39. The van der Waals surface area contributed by atoms with E-state index in [-0.39, 0.29) is 49.3 Å². The van der Waals surface area contributed by atoms with Crippen LogP contribution in [0.25, 0.3) is 0 Å². The van der Waals surface area contributed by atoms with Crippen LogP contribution >= 0.6 is 0 Å². The Morgan fingerprint density at radius 3 is 2.28 bits per heavy atom. The molecule has 0 radical (unpaired) electrons. The Morgan fingerprint density at radius 2 is 1.64 bits per heavy atom. The number of ether oxygens (including phenoxy) is 3. The maximum Gasteiger partial charge on any atom is 0.330 e. The van der Waals surface area contributed by atoms with Crippen LogP contribution in [0.2, 0.25) is 0 Å². The minimum absolute atomic E-state index is 0.0286. The highest BCUT2D eigenvalue weighted by Gasteiger charge is 2.49. The molecule has 36 heavy (non-hydrogen) atoms. The highest BCUT2D eigenvalue weighted by atomic mass is 16.6. The number of aliphatic carboxylic acids is 1. The number of carboxylic acids is 1. The number of carbonyl (C=O) groups is 2. The SMILES string of the molecule is C/C(=C\C(=O)OCCCCCCCCC(=O)O)[C@@H](O)[C@@H]1OC[C@H](C[C@@H]2O[C@H]2[C@@H](C)[C@H](C)O)[C@@H](O)[C@H]1O. The number of esters is 1. The molecule has 2 rings (SSSR count). The molecule has 0 unspecified atom stereocenters. The van der Waals surface area contributed by atoms with Gasteiger partial charge in [0.25, 0.3) is 0 Å². The molecule has 0 aromatic heterocycles. The van der Waals surface area contributed by atoms with E-state index in [4.69, 9.17) is 19.3 Å². The van der Waals surface area contributed by atoms with E-state index in [1.54, 1.807) is 6.92 Å². The van der Waals surface area contributed by atoms with E-state index in [1.807, 2.05) is 6.92 Å². The summed E-state index contributed by atoms with van der Waals surface area (Å²) in [5.74, 6) is -1.77. The van der Waals surface area contributed by atoms with Gasteiger partial charge < -0.3 is 39.7 Å². The minimum Gasteiger partial charge on any atom is -0.481 e. The Morgan fingerprint density at radius 1 is 1.00 bits per heavy atom. The maximum atomic E-state index is 12.1. The first-order valence-corrected chi connectivity index (χ1v) is 13.1. The van der Waals surface area contributed by atoms with E-state index in [9.17, 15) is 30.0 Å². The normalized spacial score (nSPS) is 30.9. The molecule has 0 bridgehead atoms. The summed E-state index contributed by atoms with van der Waals surface area (Å²) in [6, 6.07) is 0. The van der Waals surface area contributed by atoms with Gasteiger partial charge in [0, 0.05) is 24.3 Å². The Hall–Kier alpha value is -1.56. The molecule has 2 heterocycles. The Bertz CT molecular complexity index is 724. The lowest BCUT2D eigenvalue weighted by atomic mass is 9.84. The third-order valence-corrected chi connectivity index (χ3v) is 7.26. The van der Waals surface area contributed by atoms with Crippen molar-refractivity contribution >= 4 is 11.9 Å². The average molecular weight is 517 g/mol. The number of carboxylic acid groups (broad SMARTS) is 1. The largest absolute Gasteiger partial charge is 0.481 e. The van der Waals surface area contributed by atoms with Gasteiger partial charge in [-0.15, -0.1) is 0 Å². The Labute approximate surface area is 213 Å². The van der Waals surface area contributed by atoms with Gasteiger partial charge in [-0.05, 0) is 38.7 Å². The number of hydrogen-bond donors (Lipinski definition) is 5. The zero-order valence-electron chi connectivity index (χ0n) is 21.6. The number of aliphatic hydroxyl groups is 4. The predicted octanol–water partition coefficient (Wildman–Crippen LogP) is 1.56. The number of rotatable bonds is 16. The van der Waals surface area contributed by atoms with Crippen LogP contribution in [0.5, 0.6) is 0 Å². The van der Waals surface area contributed by atoms with Crippen molar-refractivity contribution in [1.82, 2.24) is 0 Å². The summed E-state index contributed by atoms with van der Waals surface area (Å²) in [7, 11) is 0. The molecule has 0 saturated carbocycles. The molecule has 2 aliphatic heterocycles. The monoisotopic (exact) mass is 516 g/mol. The van der Waals surface area contributed by atoms with Crippen molar-refractivity contribution in [1.29, 1.82) is 0 Å². The first-order chi connectivity index (χ1) is 17.0. The number of unbranched alkanes of at least 4 members (excludes halogenated alkanes) is 5. The molecule has 2 saturated heterocycles. The van der Waals surface area contributed by atoms with Gasteiger partial charge in [-0.2, -0.15) is 0 Å². The van der Waals surface area contributed by atoms with Crippen LogP contribution in [0.1, 0.15) is 72.1 Å². The van der Waals surface area contributed by atoms with Crippen molar-refractivity contribution in [2.24, 2.45) is 11.8 Å². The fraction of sp³-hybridized carbons (Fsp3) is 0.846. The van der Waals surface area contributed by atoms with E-state index in [0.29, 0.717) is 19.3 Å². The van der Waals surface area contributed by atoms with Crippen molar-refractivity contribution < 1.29 is 49.3 Å². The van der Waals surface area contributed by atoms with Crippen molar-refractivity contribution in [3.05, 3.63) is 11.6 Å². The molecule has 2 aliphatic rings. The fourth-order valence-electron chi connectivity index (χ4n) is 4.60. The summed E-state index contributed by atoms with van der Waals surface area (Å²) in [6.45, 7) is 5.52. The highest BCUT2D eigenvalue weighted by Crippen LogP contribution is 2.38. The van der Waals surface area contributed by atoms with E-state index >= 15 is 0 Å². The Kier molecular flexibility index (Phi) is 12.8. The molecule has 0 aliphatic carbocycles. The predicted molar refractivity (Wildman–Crippen MR) is 130 cm³/mol. The molecule has 10 heteroatoms. The standard InChI is InChI=1S/C26H44O10/c1-15(12-21(30)34-11-9-7-5-4-6-8-10-20(28)29)22(31)26-24(33)23(32)18(14-35-26)13-19-25(36-19)16(2)17(3)27/h12,16-19,22-27,31-33H,4-11,13-14H2,1-3H3,(H,28,29)/b15-12+/t16-,17-,18-,19-,22+,23+,24+,25-,26-/m0/s1. The quantitative estimate of drug-likeness (QED) is 0.0879. The molecule has 0 aromatic rings. The van der Waals surface area contributed by atoms with Gasteiger partial charge in [0.2, 0.25) is 0 Å². The van der Waals surface area contributed by atoms with Crippen LogP contribution in [-0.4, -0.2) is 93.4 Å². The van der Waals surface area contributed by atoms with Crippen LogP contribution in [0.15, 0.2) is 11.6 Å². The van der Waals surface area contributed by atoms with Crippen molar-refractivity contribution in [3.8, 4) is 0 Å². The number of epoxide rings is 1. The topological polar surface area (TPSA) is 166 Å². The van der Waals surface area contributed by atoms with E-state index in [0.717, 1.165) is 25.7 Å². The van der Waals surface area contributed by atoms with Gasteiger partial charge in [0.1, 0.15) is 18.3 Å². The van der Waals surface area contributed by atoms with E-state index < -0.39 is 42.5 Å². The Balaban J connectivity index is 1.68. The summed E-state index contributed by atoms with van der Waals surface area (Å²) >= 11 is 0. The first-order valence-electron chi connectivity index (χ1n) is 13.1. The molecule has 0 spiro atoms. The number of aliphatic hydroxyl groups excluding tert-OH is 4. The number of hydrogen-bond acceptors (Lipinski definition) is 9. The molecule has 2 fully saturated rings.